The number of nitrogens with zero attached hydrogens (tertiary/aromatic N) is 1. The molecule has 0 radical (unpaired) electrons. The zero-order valence-electron chi connectivity index (χ0n) is 8.55. The van der Waals surface area contributed by atoms with E-state index < -0.39 is 5.82 Å². The summed E-state index contributed by atoms with van der Waals surface area (Å²) in [4.78, 5) is 0. The Morgan fingerprint density at radius 1 is 1.00 bits per heavy atom. The molecule has 0 N–H and O–H groups in total. The van der Waals surface area contributed by atoms with Crippen molar-refractivity contribution in [3.8, 4) is 17.2 Å². The zero-order valence-corrected chi connectivity index (χ0v) is 10.1. The van der Waals surface area contributed by atoms with E-state index in [9.17, 15) is 4.39 Å². The van der Waals surface area contributed by atoms with Gasteiger partial charge in [0.25, 0.3) is 0 Å². The number of rotatable bonds is 1. The lowest BCUT2D eigenvalue weighted by Gasteiger charge is -2.06. The summed E-state index contributed by atoms with van der Waals surface area (Å²) in [5.41, 5.74) is 1.18. The van der Waals surface area contributed by atoms with Crippen molar-refractivity contribution in [1.29, 1.82) is 5.26 Å². The second kappa shape index (κ2) is 4.75. The highest BCUT2D eigenvalue weighted by atomic mass is 35.5. The molecule has 2 aromatic rings. The molecule has 2 aromatic carbocycles. The van der Waals surface area contributed by atoms with Gasteiger partial charge in [-0.1, -0.05) is 35.3 Å². The first-order valence-electron chi connectivity index (χ1n) is 4.77. The minimum Gasteiger partial charge on any atom is -0.206 e. The van der Waals surface area contributed by atoms with Gasteiger partial charge in [-0.25, -0.2) is 4.39 Å². The van der Waals surface area contributed by atoms with Gasteiger partial charge in [-0.3, -0.25) is 0 Å². The highest BCUT2D eigenvalue weighted by molar-refractivity contribution is 6.36. The van der Waals surface area contributed by atoms with Gasteiger partial charge in [0.05, 0.1) is 11.6 Å². The molecular weight excluding hydrogens is 260 g/mol. The van der Waals surface area contributed by atoms with Crippen LogP contribution in [0.3, 0.4) is 0 Å². The van der Waals surface area contributed by atoms with Gasteiger partial charge in [0.15, 0.2) is 0 Å². The minimum atomic E-state index is -0.478. The largest absolute Gasteiger partial charge is 0.206 e. The molecule has 0 unspecified atom stereocenters. The molecule has 0 amide bonds. The molecule has 0 aliphatic rings. The molecule has 0 aliphatic carbocycles. The SMILES string of the molecule is N#Cc1ccc(-c2ccc(Cl)cc2Cl)c(F)c1. The summed E-state index contributed by atoms with van der Waals surface area (Å²) in [6.07, 6.45) is 0. The molecule has 0 bridgehead atoms. The Labute approximate surface area is 108 Å². The lowest BCUT2D eigenvalue weighted by Crippen LogP contribution is -1.87. The Kier molecular flexibility index (Phi) is 3.33. The third-order valence-corrected chi connectivity index (χ3v) is 2.87. The van der Waals surface area contributed by atoms with E-state index in [0.717, 1.165) is 0 Å². The van der Waals surface area contributed by atoms with Crippen LogP contribution in [-0.4, -0.2) is 0 Å². The van der Waals surface area contributed by atoms with E-state index in [-0.39, 0.29) is 5.56 Å². The van der Waals surface area contributed by atoms with Crippen LogP contribution in [0.15, 0.2) is 36.4 Å². The van der Waals surface area contributed by atoms with Crippen LogP contribution in [0.5, 0.6) is 0 Å². The minimum absolute atomic E-state index is 0.274. The van der Waals surface area contributed by atoms with E-state index in [2.05, 4.69) is 0 Å². The Morgan fingerprint density at radius 2 is 1.71 bits per heavy atom. The van der Waals surface area contributed by atoms with Gasteiger partial charge in [0.2, 0.25) is 0 Å². The third-order valence-electron chi connectivity index (χ3n) is 2.32. The van der Waals surface area contributed by atoms with E-state index in [1.165, 1.54) is 12.1 Å². The topological polar surface area (TPSA) is 23.8 Å². The molecule has 84 valence electrons. The molecule has 4 heteroatoms. The average molecular weight is 266 g/mol. The van der Waals surface area contributed by atoms with Gasteiger partial charge in [-0.05, 0) is 24.3 Å². The Bertz CT molecular complexity index is 617. The van der Waals surface area contributed by atoms with Crippen molar-refractivity contribution >= 4 is 23.2 Å². The predicted molar refractivity (Wildman–Crippen MR) is 66.6 cm³/mol. The fraction of sp³-hybridized carbons (Fsp3) is 0. The quantitative estimate of drug-likeness (QED) is 0.735. The van der Waals surface area contributed by atoms with Crippen molar-refractivity contribution in [2.45, 2.75) is 0 Å². The molecule has 1 nitrogen and oxygen atoms in total. The van der Waals surface area contributed by atoms with Crippen LogP contribution in [0, 0.1) is 17.1 Å². The first-order valence-corrected chi connectivity index (χ1v) is 5.52. The van der Waals surface area contributed by atoms with E-state index in [1.807, 2.05) is 6.07 Å². The molecule has 0 fully saturated rings. The first kappa shape index (κ1) is 11.9. The smallest absolute Gasteiger partial charge is 0.132 e. The number of halogens is 3. The maximum atomic E-state index is 13.8. The molecule has 0 spiro atoms. The van der Waals surface area contributed by atoms with Crippen LogP contribution in [-0.2, 0) is 0 Å². The molecule has 0 aromatic heterocycles. The summed E-state index contributed by atoms with van der Waals surface area (Å²) >= 11 is 11.8. The van der Waals surface area contributed by atoms with Gasteiger partial charge in [-0.2, -0.15) is 5.26 Å². The van der Waals surface area contributed by atoms with Crippen molar-refractivity contribution < 1.29 is 4.39 Å². The lowest BCUT2D eigenvalue weighted by atomic mass is 10.0. The van der Waals surface area contributed by atoms with Crippen LogP contribution in [0.2, 0.25) is 10.0 Å². The second-order valence-corrected chi connectivity index (χ2v) is 4.27. The van der Waals surface area contributed by atoms with E-state index >= 15 is 0 Å². The Morgan fingerprint density at radius 3 is 2.29 bits per heavy atom. The maximum Gasteiger partial charge on any atom is 0.132 e. The first-order chi connectivity index (χ1) is 8.11. The number of hydrogen-bond acceptors (Lipinski definition) is 1. The van der Waals surface area contributed by atoms with Crippen molar-refractivity contribution in [3.05, 3.63) is 57.8 Å². The molecule has 2 rings (SSSR count). The van der Waals surface area contributed by atoms with Crippen LogP contribution in [0.4, 0.5) is 4.39 Å². The van der Waals surface area contributed by atoms with Gasteiger partial charge >= 0.3 is 0 Å². The molecular formula is C13H6Cl2FN. The molecule has 0 saturated carbocycles. The van der Waals surface area contributed by atoms with E-state index in [4.69, 9.17) is 28.5 Å². The van der Waals surface area contributed by atoms with Crippen molar-refractivity contribution in [2.24, 2.45) is 0 Å². The normalized spacial score (nSPS) is 10.0. The number of nitriles is 1. The van der Waals surface area contributed by atoms with E-state index in [0.29, 0.717) is 21.2 Å². The summed E-state index contributed by atoms with van der Waals surface area (Å²) in [5.74, 6) is -0.478. The lowest BCUT2D eigenvalue weighted by molar-refractivity contribution is 0.631. The average Bonchev–Trinajstić information content (AvgIpc) is 2.30. The molecule has 0 atom stereocenters. The second-order valence-electron chi connectivity index (χ2n) is 3.43. The highest BCUT2D eigenvalue weighted by Crippen LogP contribution is 2.32. The van der Waals surface area contributed by atoms with Crippen LogP contribution < -0.4 is 0 Å². The van der Waals surface area contributed by atoms with Crippen molar-refractivity contribution in [1.82, 2.24) is 0 Å². The highest BCUT2D eigenvalue weighted by Gasteiger charge is 2.09. The fourth-order valence-corrected chi connectivity index (χ4v) is 2.02. The van der Waals surface area contributed by atoms with Crippen molar-refractivity contribution in [2.75, 3.05) is 0 Å². The van der Waals surface area contributed by atoms with Crippen LogP contribution >= 0.6 is 23.2 Å². The standard InChI is InChI=1S/C13H6Cl2FN/c14-9-2-4-10(12(15)6-9)11-3-1-8(7-17)5-13(11)16/h1-6H. The summed E-state index contributed by atoms with van der Waals surface area (Å²) in [6.45, 7) is 0. The van der Waals surface area contributed by atoms with E-state index in [1.54, 1.807) is 24.3 Å². The third kappa shape index (κ3) is 2.41. The van der Waals surface area contributed by atoms with Crippen LogP contribution in [0.25, 0.3) is 11.1 Å². The van der Waals surface area contributed by atoms with Crippen LogP contribution in [0.1, 0.15) is 5.56 Å². The molecule has 0 heterocycles. The monoisotopic (exact) mass is 265 g/mol. The zero-order chi connectivity index (χ0) is 12.4. The Balaban J connectivity index is 2.58. The summed E-state index contributed by atoms with van der Waals surface area (Å²) in [5, 5.41) is 9.52. The summed E-state index contributed by atoms with van der Waals surface area (Å²) in [6, 6.07) is 11.0. The molecule has 17 heavy (non-hydrogen) atoms. The fourth-order valence-electron chi connectivity index (χ4n) is 1.51. The predicted octanol–water partition coefficient (Wildman–Crippen LogP) is 4.67. The van der Waals surface area contributed by atoms with Gasteiger partial charge in [0, 0.05) is 21.2 Å². The van der Waals surface area contributed by atoms with Crippen molar-refractivity contribution in [3.63, 3.8) is 0 Å². The molecule has 0 saturated heterocycles. The summed E-state index contributed by atoms with van der Waals surface area (Å²) < 4.78 is 13.8. The van der Waals surface area contributed by atoms with Gasteiger partial charge < -0.3 is 0 Å². The Hall–Kier alpha value is -1.56. The maximum absolute atomic E-state index is 13.8. The van der Waals surface area contributed by atoms with Gasteiger partial charge in [-0.15, -0.1) is 0 Å². The number of benzene rings is 2. The van der Waals surface area contributed by atoms with Gasteiger partial charge in [0.1, 0.15) is 5.82 Å². The molecule has 0 aliphatic heterocycles. The summed E-state index contributed by atoms with van der Waals surface area (Å²) in [7, 11) is 0. The number of hydrogen-bond donors (Lipinski definition) is 0.